The molecule has 7 nitrogen and oxygen atoms in total. The zero-order valence-electron chi connectivity index (χ0n) is 23.9. The molecule has 0 fully saturated rings. The minimum Gasteiger partial charge on any atom is -0.350 e. The first kappa shape index (κ1) is 30.8. The summed E-state index contributed by atoms with van der Waals surface area (Å²) in [6.07, 6.45) is 0.296. The Labute approximate surface area is 237 Å². The number of aryl methyl sites for hydroxylation is 2. The van der Waals surface area contributed by atoms with Gasteiger partial charge >= 0.3 is 0 Å². The van der Waals surface area contributed by atoms with Crippen LogP contribution in [0.1, 0.15) is 50.8 Å². The molecule has 3 rings (SSSR count). The molecule has 0 aromatic heterocycles. The van der Waals surface area contributed by atoms with Gasteiger partial charge in [-0.1, -0.05) is 54.4 Å². The van der Waals surface area contributed by atoms with Crippen molar-refractivity contribution >= 4 is 27.5 Å². The Morgan fingerprint density at radius 2 is 1.40 bits per heavy atom. The minimum absolute atomic E-state index is 0.00149. The van der Waals surface area contributed by atoms with Gasteiger partial charge in [0.25, 0.3) is 10.0 Å². The van der Waals surface area contributed by atoms with Crippen molar-refractivity contribution in [2.24, 2.45) is 0 Å². The quantitative estimate of drug-likeness (QED) is 0.357. The van der Waals surface area contributed by atoms with Gasteiger partial charge in [-0.2, -0.15) is 0 Å². The monoisotopic (exact) mass is 567 g/mol. The average Bonchev–Trinajstić information content (AvgIpc) is 2.88. The second-order valence-corrected chi connectivity index (χ2v) is 12.8. The number of amides is 2. The molecule has 3 aromatic carbocycles. The predicted octanol–water partition coefficient (Wildman–Crippen LogP) is 5.36. The van der Waals surface area contributed by atoms with E-state index < -0.39 is 39.9 Å². The van der Waals surface area contributed by atoms with Crippen LogP contribution in [-0.4, -0.2) is 43.3 Å². The molecule has 0 aliphatic carbocycles. The highest BCUT2D eigenvalue weighted by Crippen LogP contribution is 2.25. The summed E-state index contributed by atoms with van der Waals surface area (Å²) >= 11 is 0. The van der Waals surface area contributed by atoms with E-state index in [0.29, 0.717) is 17.7 Å². The number of rotatable bonds is 10. The lowest BCUT2D eigenvalue weighted by atomic mass is 10.1. The molecule has 0 saturated carbocycles. The van der Waals surface area contributed by atoms with Gasteiger partial charge in [-0.05, 0) is 83.0 Å². The molecule has 9 heteroatoms. The first-order valence-electron chi connectivity index (χ1n) is 13.2. The van der Waals surface area contributed by atoms with Crippen LogP contribution in [-0.2, 0) is 26.2 Å². The molecular formula is C31H38FN3O4S. The zero-order valence-corrected chi connectivity index (χ0v) is 24.8. The Balaban J connectivity index is 2.06. The molecule has 0 radical (unpaired) electrons. The van der Waals surface area contributed by atoms with Gasteiger partial charge in [-0.25, -0.2) is 12.8 Å². The van der Waals surface area contributed by atoms with Gasteiger partial charge in [0.2, 0.25) is 11.8 Å². The van der Waals surface area contributed by atoms with Crippen LogP contribution in [0.3, 0.4) is 0 Å². The van der Waals surface area contributed by atoms with Crippen molar-refractivity contribution in [3.05, 3.63) is 95.3 Å². The van der Waals surface area contributed by atoms with Crippen molar-refractivity contribution in [3.8, 4) is 0 Å². The van der Waals surface area contributed by atoms with E-state index in [1.807, 2.05) is 34.6 Å². The minimum atomic E-state index is -4.14. The lowest BCUT2D eigenvalue weighted by Crippen LogP contribution is -2.55. The summed E-state index contributed by atoms with van der Waals surface area (Å²) in [6, 6.07) is 18.1. The fraction of sp³-hybridized carbons (Fsp3) is 0.355. The first-order valence-corrected chi connectivity index (χ1v) is 14.7. The molecule has 214 valence electrons. The molecule has 0 spiro atoms. The fourth-order valence-electron chi connectivity index (χ4n) is 4.24. The molecule has 2 amide bonds. The Kier molecular flexibility index (Phi) is 9.73. The maximum absolute atomic E-state index is 14.0. The van der Waals surface area contributed by atoms with Crippen molar-refractivity contribution in [1.29, 1.82) is 0 Å². The highest BCUT2D eigenvalue weighted by molar-refractivity contribution is 7.92. The SMILES string of the molecule is CCC(C(=O)NC(C)(C)C)N(Cc1ccc(F)cc1)C(=O)CN(c1ccc(C)cc1)S(=O)(=O)c1ccc(C)cc1. The number of halogens is 1. The number of benzene rings is 3. The molecule has 3 aromatic rings. The predicted molar refractivity (Wildman–Crippen MR) is 156 cm³/mol. The molecule has 1 unspecified atom stereocenters. The van der Waals surface area contributed by atoms with Gasteiger partial charge < -0.3 is 10.2 Å². The summed E-state index contributed by atoms with van der Waals surface area (Å²) in [4.78, 5) is 28.8. The molecule has 40 heavy (non-hydrogen) atoms. The van der Waals surface area contributed by atoms with Crippen LogP contribution < -0.4 is 9.62 Å². The van der Waals surface area contributed by atoms with Crippen molar-refractivity contribution in [2.45, 2.75) is 71.0 Å². The van der Waals surface area contributed by atoms with E-state index in [2.05, 4.69) is 5.32 Å². The fourth-order valence-corrected chi connectivity index (χ4v) is 5.65. The van der Waals surface area contributed by atoms with Gasteiger partial charge in [-0.15, -0.1) is 0 Å². The molecule has 1 atom stereocenters. The molecule has 0 aliphatic rings. The third-order valence-electron chi connectivity index (χ3n) is 6.36. The topological polar surface area (TPSA) is 86.8 Å². The normalized spacial score (nSPS) is 12.5. The van der Waals surface area contributed by atoms with Gasteiger partial charge in [0.1, 0.15) is 18.4 Å². The number of carbonyl (C=O) groups excluding carboxylic acids is 2. The Morgan fingerprint density at radius 3 is 1.90 bits per heavy atom. The van der Waals surface area contributed by atoms with Gasteiger partial charge in [0.05, 0.1) is 10.6 Å². The van der Waals surface area contributed by atoms with Gasteiger partial charge in [0.15, 0.2) is 0 Å². The third-order valence-corrected chi connectivity index (χ3v) is 8.15. The summed E-state index contributed by atoms with van der Waals surface area (Å²) in [6.45, 7) is 10.5. The summed E-state index contributed by atoms with van der Waals surface area (Å²) in [5, 5.41) is 2.93. The zero-order chi connectivity index (χ0) is 29.7. The molecule has 0 bridgehead atoms. The number of hydrogen-bond donors (Lipinski definition) is 1. The summed E-state index contributed by atoms with van der Waals surface area (Å²) < 4.78 is 42.4. The van der Waals surface area contributed by atoms with E-state index in [1.165, 1.54) is 29.2 Å². The number of nitrogens with zero attached hydrogens (tertiary/aromatic N) is 2. The van der Waals surface area contributed by atoms with Crippen molar-refractivity contribution < 1.29 is 22.4 Å². The van der Waals surface area contributed by atoms with Gasteiger partial charge in [-0.3, -0.25) is 13.9 Å². The van der Waals surface area contributed by atoms with Crippen molar-refractivity contribution in [3.63, 3.8) is 0 Å². The largest absolute Gasteiger partial charge is 0.350 e. The van der Waals surface area contributed by atoms with E-state index in [9.17, 15) is 22.4 Å². The molecule has 0 heterocycles. The number of carbonyl (C=O) groups is 2. The number of anilines is 1. The second-order valence-electron chi connectivity index (χ2n) is 11.0. The average molecular weight is 568 g/mol. The van der Waals surface area contributed by atoms with E-state index >= 15 is 0 Å². The molecule has 0 aliphatic heterocycles. The van der Waals surface area contributed by atoms with Crippen molar-refractivity contribution in [2.75, 3.05) is 10.8 Å². The molecule has 1 N–H and O–H groups in total. The van der Waals surface area contributed by atoms with Crippen LogP contribution >= 0.6 is 0 Å². The maximum atomic E-state index is 14.0. The third kappa shape index (κ3) is 7.91. The van der Waals surface area contributed by atoms with Crippen LogP contribution in [0.4, 0.5) is 10.1 Å². The van der Waals surface area contributed by atoms with E-state index in [4.69, 9.17) is 0 Å². The Morgan fingerprint density at radius 1 is 0.875 bits per heavy atom. The number of sulfonamides is 1. The summed E-state index contributed by atoms with van der Waals surface area (Å²) in [5.41, 5.74) is 2.23. The van der Waals surface area contributed by atoms with Crippen LogP contribution in [0, 0.1) is 19.7 Å². The van der Waals surface area contributed by atoms with E-state index in [-0.39, 0.29) is 17.3 Å². The summed E-state index contributed by atoms with van der Waals surface area (Å²) in [7, 11) is -4.14. The molecule has 0 saturated heterocycles. The number of hydrogen-bond acceptors (Lipinski definition) is 4. The van der Waals surface area contributed by atoms with Crippen LogP contribution in [0.15, 0.2) is 77.7 Å². The molecular weight excluding hydrogens is 529 g/mol. The smallest absolute Gasteiger partial charge is 0.264 e. The van der Waals surface area contributed by atoms with Crippen LogP contribution in [0.5, 0.6) is 0 Å². The number of nitrogens with one attached hydrogen (secondary N) is 1. The van der Waals surface area contributed by atoms with Crippen LogP contribution in [0.25, 0.3) is 0 Å². The summed E-state index contributed by atoms with van der Waals surface area (Å²) in [5.74, 6) is -1.33. The van der Waals surface area contributed by atoms with E-state index in [1.54, 1.807) is 55.5 Å². The standard InChI is InChI=1S/C31H38FN3O4S/c1-7-28(30(37)33-31(4,5)6)34(20-24-12-14-25(32)15-13-24)29(36)21-35(26-16-8-22(2)9-17-26)40(38,39)27-18-10-23(3)11-19-27/h8-19,28H,7,20-21H2,1-6H3,(H,33,37). The Bertz CT molecular complexity index is 1420. The highest BCUT2D eigenvalue weighted by atomic mass is 32.2. The first-order chi connectivity index (χ1) is 18.7. The lowest BCUT2D eigenvalue weighted by Gasteiger charge is -2.34. The second kappa shape index (κ2) is 12.6. The van der Waals surface area contributed by atoms with Crippen molar-refractivity contribution in [1.82, 2.24) is 10.2 Å². The Hall–Kier alpha value is -3.72. The van der Waals surface area contributed by atoms with E-state index in [0.717, 1.165) is 15.4 Å². The van der Waals surface area contributed by atoms with Gasteiger partial charge in [0, 0.05) is 12.1 Å². The maximum Gasteiger partial charge on any atom is 0.264 e. The van der Waals surface area contributed by atoms with Crippen LogP contribution in [0.2, 0.25) is 0 Å². The highest BCUT2D eigenvalue weighted by Gasteiger charge is 2.34. The lowest BCUT2D eigenvalue weighted by molar-refractivity contribution is -0.141.